The summed E-state index contributed by atoms with van der Waals surface area (Å²) in [5.41, 5.74) is -1.53. The van der Waals surface area contributed by atoms with Crippen molar-refractivity contribution >= 4 is 15.9 Å². The highest BCUT2D eigenvalue weighted by Crippen LogP contribution is 2.41. The minimum Gasteiger partial charge on any atom is -0.171 e. The van der Waals surface area contributed by atoms with E-state index in [-0.39, 0.29) is 6.42 Å². The first-order valence-electron chi connectivity index (χ1n) is 4.44. The Labute approximate surface area is 86.0 Å². The molecule has 13 heavy (non-hydrogen) atoms. The monoisotopic (exact) mass is 260 g/mol. The highest BCUT2D eigenvalue weighted by molar-refractivity contribution is 9.09. The summed E-state index contributed by atoms with van der Waals surface area (Å²) >= 11 is 3.25. The number of hydrogen-bond acceptors (Lipinski definition) is 0. The van der Waals surface area contributed by atoms with Crippen LogP contribution >= 0.6 is 15.9 Å². The van der Waals surface area contributed by atoms with Crippen molar-refractivity contribution in [1.29, 1.82) is 0 Å². The van der Waals surface area contributed by atoms with Gasteiger partial charge in [-0.05, 0) is 12.8 Å². The molecular weight excluding hydrogens is 245 g/mol. The molecule has 0 aromatic carbocycles. The second kappa shape index (κ2) is 5.23. The quantitative estimate of drug-likeness (QED) is 0.503. The van der Waals surface area contributed by atoms with E-state index in [0.717, 1.165) is 18.2 Å². The van der Waals surface area contributed by atoms with Gasteiger partial charge in [0.05, 0.1) is 5.41 Å². The van der Waals surface area contributed by atoms with Crippen LogP contribution in [0.1, 0.15) is 39.5 Å². The molecule has 0 aromatic heterocycles. The molecule has 80 valence electrons. The van der Waals surface area contributed by atoms with Crippen molar-refractivity contribution in [2.75, 3.05) is 5.33 Å². The summed E-state index contributed by atoms with van der Waals surface area (Å²) in [4.78, 5) is 0. The van der Waals surface area contributed by atoms with E-state index in [1.807, 2.05) is 0 Å². The molecule has 0 aromatic rings. The highest BCUT2D eigenvalue weighted by atomic mass is 79.9. The zero-order chi connectivity index (χ0) is 10.5. The van der Waals surface area contributed by atoms with Gasteiger partial charge in [0.15, 0.2) is 0 Å². The Morgan fingerprint density at radius 2 is 1.54 bits per heavy atom. The molecule has 0 N–H and O–H groups in total. The predicted octanol–water partition coefficient (Wildman–Crippen LogP) is 4.53. The van der Waals surface area contributed by atoms with E-state index in [2.05, 4.69) is 15.9 Å². The van der Waals surface area contributed by atoms with Gasteiger partial charge >= 0.3 is 6.18 Å². The van der Waals surface area contributed by atoms with Gasteiger partial charge in [-0.1, -0.05) is 42.6 Å². The van der Waals surface area contributed by atoms with Crippen molar-refractivity contribution in [3.8, 4) is 0 Å². The fraction of sp³-hybridized carbons (Fsp3) is 1.00. The lowest BCUT2D eigenvalue weighted by Crippen LogP contribution is -2.31. The van der Waals surface area contributed by atoms with Crippen LogP contribution in [0.2, 0.25) is 0 Å². The van der Waals surface area contributed by atoms with Gasteiger partial charge in [-0.15, -0.1) is 0 Å². The van der Waals surface area contributed by atoms with Gasteiger partial charge < -0.3 is 0 Å². The van der Waals surface area contributed by atoms with Crippen LogP contribution in [0.25, 0.3) is 0 Å². The zero-order valence-electron chi connectivity index (χ0n) is 8.05. The Balaban J connectivity index is 3.77. The molecule has 0 amide bonds. The second-order valence-electron chi connectivity index (χ2n) is 3.88. The number of alkyl halides is 4. The first-order valence-corrected chi connectivity index (χ1v) is 5.56. The molecule has 0 unspecified atom stereocenters. The van der Waals surface area contributed by atoms with E-state index >= 15 is 0 Å². The number of halogens is 4. The molecule has 0 saturated carbocycles. The van der Waals surface area contributed by atoms with Gasteiger partial charge in [-0.25, -0.2) is 0 Å². The van der Waals surface area contributed by atoms with Crippen molar-refractivity contribution in [2.45, 2.75) is 45.7 Å². The molecule has 0 radical (unpaired) electrons. The smallest absolute Gasteiger partial charge is 0.171 e. The average molecular weight is 261 g/mol. The molecule has 0 rings (SSSR count). The molecule has 0 fully saturated rings. The number of unbranched alkanes of at least 4 members (excludes halogenated alkanes) is 2. The molecule has 0 bridgehead atoms. The third-order valence-corrected chi connectivity index (χ3v) is 2.76. The summed E-state index contributed by atoms with van der Waals surface area (Å²) in [6.07, 6.45) is -1.37. The minimum absolute atomic E-state index is 0.226. The average Bonchev–Trinajstić information content (AvgIpc) is 1.96. The van der Waals surface area contributed by atoms with Crippen molar-refractivity contribution in [3.63, 3.8) is 0 Å². The standard InChI is InChI=1S/C9H16BrF3/c1-8(2,9(11,12)13)6-4-3-5-7-10/h3-7H2,1-2H3. The molecule has 0 aliphatic carbocycles. The van der Waals surface area contributed by atoms with E-state index in [0.29, 0.717) is 6.42 Å². The molecular formula is C9H16BrF3. The van der Waals surface area contributed by atoms with E-state index < -0.39 is 11.6 Å². The summed E-state index contributed by atoms with van der Waals surface area (Å²) in [6, 6.07) is 0. The molecule has 0 spiro atoms. The number of rotatable bonds is 5. The topological polar surface area (TPSA) is 0 Å². The third-order valence-electron chi connectivity index (χ3n) is 2.20. The van der Waals surface area contributed by atoms with E-state index in [1.165, 1.54) is 13.8 Å². The lowest BCUT2D eigenvalue weighted by atomic mass is 9.86. The molecule has 0 nitrogen and oxygen atoms in total. The van der Waals surface area contributed by atoms with Gasteiger partial charge in [0.2, 0.25) is 0 Å². The largest absolute Gasteiger partial charge is 0.393 e. The van der Waals surface area contributed by atoms with Crippen LogP contribution in [0.4, 0.5) is 13.2 Å². The Kier molecular flexibility index (Phi) is 5.33. The first kappa shape index (κ1) is 13.3. The van der Waals surface area contributed by atoms with Gasteiger partial charge in [-0.3, -0.25) is 0 Å². The Hall–Kier alpha value is 0.270. The SMILES string of the molecule is CC(C)(CCCCCBr)C(F)(F)F. The normalized spacial score (nSPS) is 13.4. The Bertz CT molecular complexity index is 140. The molecule has 0 saturated heterocycles. The number of hydrogen-bond donors (Lipinski definition) is 0. The maximum absolute atomic E-state index is 12.3. The Morgan fingerprint density at radius 1 is 1.00 bits per heavy atom. The van der Waals surface area contributed by atoms with Gasteiger partial charge in [0.25, 0.3) is 0 Å². The second-order valence-corrected chi connectivity index (χ2v) is 4.67. The van der Waals surface area contributed by atoms with Crippen molar-refractivity contribution < 1.29 is 13.2 Å². The maximum Gasteiger partial charge on any atom is 0.393 e. The fourth-order valence-electron chi connectivity index (χ4n) is 0.980. The van der Waals surface area contributed by atoms with Crippen LogP contribution in [0, 0.1) is 5.41 Å². The minimum atomic E-state index is -4.07. The van der Waals surface area contributed by atoms with Crippen molar-refractivity contribution in [2.24, 2.45) is 5.41 Å². The fourth-order valence-corrected chi connectivity index (χ4v) is 1.38. The first-order chi connectivity index (χ1) is 5.81. The summed E-state index contributed by atoms with van der Waals surface area (Å²) < 4.78 is 37.0. The molecule has 0 heterocycles. The summed E-state index contributed by atoms with van der Waals surface area (Å²) in [5, 5.41) is 0.874. The molecule has 4 heteroatoms. The van der Waals surface area contributed by atoms with Crippen LogP contribution < -0.4 is 0 Å². The van der Waals surface area contributed by atoms with Gasteiger partial charge in [0, 0.05) is 5.33 Å². The van der Waals surface area contributed by atoms with Crippen LogP contribution in [0.5, 0.6) is 0 Å². The maximum atomic E-state index is 12.3. The highest BCUT2D eigenvalue weighted by Gasteiger charge is 2.46. The van der Waals surface area contributed by atoms with Crippen molar-refractivity contribution in [3.05, 3.63) is 0 Å². The predicted molar refractivity (Wildman–Crippen MR) is 52.1 cm³/mol. The van der Waals surface area contributed by atoms with Crippen LogP contribution in [-0.4, -0.2) is 11.5 Å². The molecule has 0 aliphatic heterocycles. The Morgan fingerprint density at radius 3 is 1.92 bits per heavy atom. The van der Waals surface area contributed by atoms with E-state index in [1.54, 1.807) is 0 Å². The summed E-state index contributed by atoms with van der Waals surface area (Å²) in [7, 11) is 0. The lowest BCUT2D eigenvalue weighted by Gasteiger charge is -2.27. The zero-order valence-corrected chi connectivity index (χ0v) is 9.63. The van der Waals surface area contributed by atoms with Crippen LogP contribution in [0.3, 0.4) is 0 Å². The van der Waals surface area contributed by atoms with Crippen molar-refractivity contribution in [1.82, 2.24) is 0 Å². The van der Waals surface area contributed by atoms with Gasteiger partial charge in [-0.2, -0.15) is 13.2 Å². The van der Waals surface area contributed by atoms with E-state index in [4.69, 9.17) is 0 Å². The van der Waals surface area contributed by atoms with E-state index in [9.17, 15) is 13.2 Å². The molecule has 0 atom stereocenters. The van der Waals surface area contributed by atoms with Crippen LogP contribution in [0.15, 0.2) is 0 Å². The van der Waals surface area contributed by atoms with Gasteiger partial charge in [0.1, 0.15) is 0 Å². The summed E-state index contributed by atoms with van der Waals surface area (Å²) in [6.45, 7) is 2.53. The van der Waals surface area contributed by atoms with Crippen LogP contribution in [-0.2, 0) is 0 Å². The summed E-state index contributed by atoms with van der Waals surface area (Å²) in [5.74, 6) is 0. The molecule has 0 aliphatic rings. The lowest BCUT2D eigenvalue weighted by molar-refractivity contribution is -0.214. The third kappa shape index (κ3) is 4.89.